The van der Waals surface area contributed by atoms with Crippen molar-refractivity contribution < 1.29 is 0 Å². The second kappa shape index (κ2) is 11.5. The summed E-state index contributed by atoms with van der Waals surface area (Å²) in [5, 5.41) is 0.852. The van der Waals surface area contributed by atoms with E-state index in [1.54, 1.807) is 18.8 Å². The standard InChI is InChI=1S/C21H36N4O2S/c1-5-6-7-8-9-10-11-12-15-28-21-22-18-17(25(21)14-13-16(2)3)19(26)23-20(27)24(18)4/h16H,5-15H2,1-4H3,(H,23,26,27). The predicted molar refractivity (Wildman–Crippen MR) is 118 cm³/mol. The molecule has 0 unspecified atom stereocenters. The molecule has 6 nitrogen and oxygen atoms in total. The van der Waals surface area contributed by atoms with Crippen molar-refractivity contribution in [2.45, 2.75) is 90.3 Å². The summed E-state index contributed by atoms with van der Waals surface area (Å²) in [6.45, 7) is 7.34. The van der Waals surface area contributed by atoms with Gasteiger partial charge in [0.1, 0.15) is 0 Å². The molecular weight excluding hydrogens is 372 g/mol. The van der Waals surface area contributed by atoms with Crippen LogP contribution in [0, 0.1) is 5.92 Å². The lowest BCUT2D eigenvalue weighted by molar-refractivity contribution is 0.503. The minimum Gasteiger partial charge on any atom is -0.313 e. The maximum absolute atomic E-state index is 12.4. The second-order valence-corrected chi connectivity index (χ2v) is 9.10. The van der Waals surface area contributed by atoms with E-state index >= 15 is 0 Å². The minimum atomic E-state index is -0.411. The van der Waals surface area contributed by atoms with Gasteiger partial charge in [0.25, 0.3) is 5.56 Å². The normalized spacial score (nSPS) is 11.8. The number of H-pyrrole nitrogens is 1. The number of aryl methyl sites for hydroxylation is 2. The summed E-state index contributed by atoms with van der Waals surface area (Å²) >= 11 is 1.70. The molecule has 28 heavy (non-hydrogen) atoms. The SMILES string of the molecule is CCCCCCCCCCSc1nc2c(c(=O)[nH]c(=O)n2C)n1CCC(C)C. The van der Waals surface area contributed by atoms with Crippen molar-refractivity contribution in [1.29, 1.82) is 0 Å². The lowest BCUT2D eigenvalue weighted by Crippen LogP contribution is -2.29. The van der Waals surface area contributed by atoms with Crippen molar-refractivity contribution in [3.05, 3.63) is 20.8 Å². The topological polar surface area (TPSA) is 72.7 Å². The first-order valence-electron chi connectivity index (χ1n) is 10.8. The third kappa shape index (κ3) is 6.26. The first kappa shape index (κ1) is 22.8. The third-order valence-electron chi connectivity index (χ3n) is 5.13. The van der Waals surface area contributed by atoms with Crippen LogP contribution >= 0.6 is 11.8 Å². The summed E-state index contributed by atoms with van der Waals surface area (Å²) in [5.41, 5.74) is 0.246. The van der Waals surface area contributed by atoms with Gasteiger partial charge >= 0.3 is 5.69 Å². The van der Waals surface area contributed by atoms with Gasteiger partial charge in [0, 0.05) is 19.3 Å². The quantitative estimate of drug-likeness (QED) is 0.385. The minimum absolute atomic E-state index is 0.340. The molecule has 0 aromatic carbocycles. The van der Waals surface area contributed by atoms with Crippen LogP contribution < -0.4 is 11.2 Å². The highest BCUT2D eigenvalue weighted by Gasteiger charge is 2.17. The average Bonchev–Trinajstić information content (AvgIpc) is 3.02. The number of aromatic amines is 1. The van der Waals surface area contributed by atoms with E-state index in [1.807, 2.05) is 4.57 Å². The van der Waals surface area contributed by atoms with Gasteiger partial charge in [-0.05, 0) is 18.8 Å². The molecule has 0 bridgehead atoms. The van der Waals surface area contributed by atoms with Gasteiger partial charge in [0.2, 0.25) is 0 Å². The number of unbranched alkanes of at least 4 members (excludes halogenated alkanes) is 7. The summed E-state index contributed by atoms with van der Waals surface area (Å²) in [6.07, 6.45) is 11.3. The molecule has 0 radical (unpaired) electrons. The maximum Gasteiger partial charge on any atom is 0.329 e. The Morgan fingerprint density at radius 2 is 1.68 bits per heavy atom. The molecule has 0 amide bonds. The van der Waals surface area contributed by atoms with Crippen molar-refractivity contribution in [3.63, 3.8) is 0 Å². The zero-order valence-corrected chi connectivity index (χ0v) is 18.7. The van der Waals surface area contributed by atoms with E-state index in [9.17, 15) is 9.59 Å². The van der Waals surface area contributed by atoms with Gasteiger partial charge in [-0.1, -0.05) is 77.5 Å². The third-order valence-corrected chi connectivity index (χ3v) is 6.19. The highest BCUT2D eigenvalue weighted by molar-refractivity contribution is 7.99. The molecule has 1 N–H and O–H groups in total. The van der Waals surface area contributed by atoms with E-state index in [1.165, 1.54) is 49.5 Å². The van der Waals surface area contributed by atoms with Gasteiger partial charge in [0.05, 0.1) is 0 Å². The summed E-state index contributed by atoms with van der Waals surface area (Å²) in [4.78, 5) is 31.4. The Morgan fingerprint density at radius 3 is 2.32 bits per heavy atom. The Balaban J connectivity index is 2.01. The Bertz CT molecular complexity index is 850. The summed E-state index contributed by atoms with van der Waals surface area (Å²) in [5.74, 6) is 1.53. The molecule has 0 saturated heterocycles. The van der Waals surface area contributed by atoms with Crippen molar-refractivity contribution in [3.8, 4) is 0 Å². The Hall–Kier alpha value is -1.50. The fourth-order valence-corrected chi connectivity index (χ4v) is 4.34. The van der Waals surface area contributed by atoms with Crippen LogP contribution in [0.1, 0.15) is 78.6 Å². The molecule has 0 aliphatic carbocycles. The van der Waals surface area contributed by atoms with Crippen molar-refractivity contribution in [2.75, 3.05) is 5.75 Å². The number of nitrogens with zero attached hydrogens (tertiary/aromatic N) is 3. The maximum atomic E-state index is 12.4. The van der Waals surface area contributed by atoms with Crippen molar-refractivity contribution in [2.24, 2.45) is 13.0 Å². The molecular formula is C21H36N4O2S. The highest BCUT2D eigenvalue weighted by Crippen LogP contribution is 2.24. The molecule has 2 aromatic heterocycles. The van der Waals surface area contributed by atoms with Crippen LogP contribution in [0.15, 0.2) is 14.7 Å². The van der Waals surface area contributed by atoms with E-state index in [4.69, 9.17) is 0 Å². The van der Waals surface area contributed by atoms with E-state index in [0.717, 1.165) is 30.3 Å². The van der Waals surface area contributed by atoms with Gasteiger partial charge in [-0.15, -0.1) is 0 Å². The first-order chi connectivity index (χ1) is 13.5. The highest BCUT2D eigenvalue weighted by atomic mass is 32.2. The molecule has 0 aliphatic heterocycles. The molecule has 7 heteroatoms. The number of thioether (sulfide) groups is 1. The number of hydrogen-bond acceptors (Lipinski definition) is 4. The van der Waals surface area contributed by atoms with E-state index in [-0.39, 0.29) is 5.56 Å². The summed E-state index contributed by atoms with van der Waals surface area (Å²) in [7, 11) is 1.66. The van der Waals surface area contributed by atoms with Crippen LogP contribution in [0.25, 0.3) is 11.2 Å². The number of imidazole rings is 1. The number of rotatable bonds is 13. The Labute approximate surface area is 172 Å². The number of nitrogens with one attached hydrogen (secondary N) is 1. The zero-order chi connectivity index (χ0) is 20.5. The number of fused-ring (bicyclic) bond motifs is 1. The fraction of sp³-hybridized carbons (Fsp3) is 0.762. The molecule has 0 spiro atoms. The molecule has 0 saturated carbocycles. The van der Waals surface area contributed by atoms with Crippen LogP contribution in [0.2, 0.25) is 0 Å². The molecule has 2 heterocycles. The van der Waals surface area contributed by atoms with Gasteiger partial charge in [-0.25, -0.2) is 9.78 Å². The number of aromatic nitrogens is 4. The van der Waals surface area contributed by atoms with Gasteiger partial charge < -0.3 is 4.57 Å². The van der Waals surface area contributed by atoms with E-state index in [2.05, 4.69) is 30.7 Å². The fourth-order valence-electron chi connectivity index (χ4n) is 3.32. The summed E-state index contributed by atoms with van der Waals surface area (Å²) < 4.78 is 3.44. The van der Waals surface area contributed by atoms with Crippen LogP contribution in [0.3, 0.4) is 0 Å². The van der Waals surface area contributed by atoms with Crippen molar-refractivity contribution in [1.82, 2.24) is 19.1 Å². The van der Waals surface area contributed by atoms with E-state index < -0.39 is 5.69 Å². The molecule has 2 aromatic rings. The summed E-state index contributed by atoms with van der Waals surface area (Å²) in [6, 6.07) is 0. The van der Waals surface area contributed by atoms with Crippen LogP contribution in [-0.4, -0.2) is 24.9 Å². The largest absolute Gasteiger partial charge is 0.329 e. The smallest absolute Gasteiger partial charge is 0.313 e. The second-order valence-electron chi connectivity index (χ2n) is 8.04. The lowest BCUT2D eigenvalue weighted by Gasteiger charge is -2.10. The number of hydrogen-bond donors (Lipinski definition) is 1. The van der Waals surface area contributed by atoms with Crippen LogP contribution in [0.5, 0.6) is 0 Å². The first-order valence-corrected chi connectivity index (χ1v) is 11.8. The monoisotopic (exact) mass is 408 g/mol. The van der Waals surface area contributed by atoms with Gasteiger partial charge in [0.15, 0.2) is 16.3 Å². The molecule has 2 rings (SSSR count). The predicted octanol–water partition coefficient (Wildman–Crippen LogP) is 4.70. The van der Waals surface area contributed by atoms with Crippen LogP contribution in [-0.2, 0) is 13.6 Å². The molecule has 0 aliphatic rings. The molecule has 0 atom stereocenters. The zero-order valence-electron chi connectivity index (χ0n) is 17.9. The average molecular weight is 409 g/mol. The van der Waals surface area contributed by atoms with Crippen molar-refractivity contribution >= 4 is 22.9 Å². The molecule has 0 fully saturated rings. The Morgan fingerprint density at radius 1 is 1.04 bits per heavy atom. The van der Waals surface area contributed by atoms with E-state index in [0.29, 0.717) is 17.1 Å². The van der Waals surface area contributed by atoms with Gasteiger partial charge in [-0.2, -0.15) is 0 Å². The Kier molecular flexibility index (Phi) is 9.35. The van der Waals surface area contributed by atoms with Gasteiger partial charge in [-0.3, -0.25) is 14.3 Å². The van der Waals surface area contributed by atoms with Crippen LogP contribution in [0.4, 0.5) is 0 Å². The molecule has 158 valence electrons. The lowest BCUT2D eigenvalue weighted by atomic mass is 10.1.